The van der Waals surface area contributed by atoms with Crippen LogP contribution in [0, 0.1) is 0 Å². The van der Waals surface area contributed by atoms with Crippen molar-refractivity contribution >= 4 is 22.0 Å². The SMILES string of the molecule is CCc1cc(Br)ccc1CNC(=O)O. The Morgan fingerprint density at radius 3 is 2.79 bits per heavy atom. The molecule has 1 aromatic carbocycles. The zero-order valence-electron chi connectivity index (χ0n) is 7.88. The summed E-state index contributed by atoms with van der Waals surface area (Å²) >= 11 is 3.38. The van der Waals surface area contributed by atoms with E-state index in [1.807, 2.05) is 25.1 Å². The quantitative estimate of drug-likeness (QED) is 0.875. The van der Waals surface area contributed by atoms with E-state index in [1.54, 1.807) is 0 Å². The molecular formula is C10H12BrNO2. The lowest BCUT2D eigenvalue weighted by Gasteiger charge is -2.07. The average molecular weight is 258 g/mol. The van der Waals surface area contributed by atoms with E-state index < -0.39 is 6.09 Å². The highest BCUT2D eigenvalue weighted by Gasteiger charge is 2.02. The van der Waals surface area contributed by atoms with Crippen molar-refractivity contribution in [3.63, 3.8) is 0 Å². The summed E-state index contributed by atoms with van der Waals surface area (Å²) in [6.07, 6.45) is -0.0919. The predicted molar refractivity (Wildman–Crippen MR) is 58.4 cm³/mol. The fourth-order valence-corrected chi connectivity index (χ4v) is 1.68. The standard InChI is InChI=1S/C10H12BrNO2/c1-2-7-5-9(11)4-3-8(7)6-12-10(13)14/h3-5,12H,2,6H2,1H3,(H,13,14). The number of rotatable bonds is 3. The zero-order chi connectivity index (χ0) is 10.6. The van der Waals surface area contributed by atoms with Crippen molar-refractivity contribution in [2.24, 2.45) is 0 Å². The maximum absolute atomic E-state index is 10.3. The molecule has 2 N–H and O–H groups in total. The number of carbonyl (C=O) groups is 1. The van der Waals surface area contributed by atoms with Gasteiger partial charge in [-0.05, 0) is 29.7 Å². The normalized spacial score (nSPS) is 9.86. The van der Waals surface area contributed by atoms with E-state index in [1.165, 1.54) is 0 Å². The average Bonchev–Trinajstić information content (AvgIpc) is 2.15. The van der Waals surface area contributed by atoms with E-state index in [0.717, 1.165) is 22.0 Å². The van der Waals surface area contributed by atoms with Crippen molar-refractivity contribution < 1.29 is 9.90 Å². The molecule has 0 aliphatic heterocycles. The molecule has 0 aromatic heterocycles. The third kappa shape index (κ3) is 3.03. The van der Waals surface area contributed by atoms with Gasteiger partial charge in [0.1, 0.15) is 0 Å². The lowest BCUT2D eigenvalue weighted by atomic mass is 10.1. The van der Waals surface area contributed by atoms with Crippen molar-refractivity contribution in [2.75, 3.05) is 0 Å². The Bertz CT molecular complexity index is 339. The van der Waals surface area contributed by atoms with Gasteiger partial charge >= 0.3 is 6.09 Å². The molecule has 0 fully saturated rings. The summed E-state index contributed by atoms with van der Waals surface area (Å²) < 4.78 is 1.02. The number of hydrogen-bond acceptors (Lipinski definition) is 1. The minimum atomic E-state index is -0.991. The van der Waals surface area contributed by atoms with Crippen molar-refractivity contribution in [1.29, 1.82) is 0 Å². The molecule has 1 amide bonds. The van der Waals surface area contributed by atoms with E-state index in [-0.39, 0.29) is 0 Å². The number of nitrogens with one attached hydrogen (secondary N) is 1. The van der Waals surface area contributed by atoms with E-state index >= 15 is 0 Å². The third-order valence-corrected chi connectivity index (χ3v) is 2.47. The smallest absolute Gasteiger partial charge is 0.404 e. The molecule has 3 nitrogen and oxygen atoms in total. The molecule has 0 bridgehead atoms. The summed E-state index contributed by atoms with van der Waals surface area (Å²) in [6, 6.07) is 5.86. The molecule has 76 valence electrons. The first-order chi connectivity index (χ1) is 6.63. The van der Waals surface area contributed by atoms with Crippen molar-refractivity contribution in [3.8, 4) is 0 Å². The molecule has 1 aromatic rings. The van der Waals surface area contributed by atoms with Crippen LogP contribution in [0.15, 0.2) is 22.7 Å². The van der Waals surface area contributed by atoms with Gasteiger partial charge in [0, 0.05) is 11.0 Å². The third-order valence-electron chi connectivity index (χ3n) is 1.98. The minimum Gasteiger partial charge on any atom is -0.465 e. The molecule has 0 unspecified atom stereocenters. The summed E-state index contributed by atoms with van der Waals surface area (Å²) in [5.74, 6) is 0. The number of amides is 1. The van der Waals surface area contributed by atoms with Crippen LogP contribution in [0.3, 0.4) is 0 Å². The summed E-state index contributed by atoms with van der Waals surface area (Å²) in [4.78, 5) is 10.3. The number of benzene rings is 1. The Morgan fingerprint density at radius 2 is 2.21 bits per heavy atom. The van der Waals surface area contributed by atoms with Crippen LogP contribution in [-0.4, -0.2) is 11.2 Å². The van der Waals surface area contributed by atoms with Gasteiger partial charge < -0.3 is 10.4 Å². The lowest BCUT2D eigenvalue weighted by molar-refractivity contribution is 0.194. The first-order valence-electron chi connectivity index (χ1n) is 4.37. The van der Waals surface area contributed by atoms with Gasteiger partial charge in [-0.1, -0.05) is 28.9 Å². The number of aryl methyl sites for hydroxylation is 1. The first-order valence-corrected chi connectivity index (χ1v) is 5.17. The molecule has 0 spiro atoms. The van der Waals surface area contributed by atoms with Crippen molar-refractivity contribution in [2.45, 2.75) is 19.9 Å². The van der Waals surface area contributed by atoms with E-state index in [0.29, 0.717) is 6.54 Å². The van der Waals surface area contributed by atoms with Crippen LogP contribution in [0.1, 0.15) is 18.1 Å². The van der Waals surface area contributed by atoms with Crippen LogP contribution in [0.5, 0.6) is 0 Å². The van der Waals surface area contributed by atoms with E-state index in [9.17, 15) is 4.79 Å². The number of hydrogen-bond donors (Lipinski definition) is 2. The maximum Gasteiger partial charge on any atom is 0.404 e. The van der Waals surface area contributed by atoms with Crippen LogP contribution in [0.2, 0.25) is 0 Å². The molecule has 0 saturated heterocycles. The van der Waals surface area contributed by atoms with Crippen molar-refractivity contribution in [1.82, 2.24) is 5.32 Å². The lowest BCUT2D eigenvalue weighted by Crippen LogP contribution is -2.20. The van der Waals surface area contributed by atoms with Crippen molar-refractivity contribution in [3.05, 3.63) is 33.8 Å². The molecule has 4 heteroatoms. The van der Waals surface area contributed by atoms with Gasteiger partial charge in [-0.2, -0.15) is 0 Å². The molecule has 0 aliphatic carbocycles. The highest BCUT2D eigenvalue weighted by Crippen LogP contribution is 2.17. The van der Waals surface area contributed by atoms with Gasteiger partial charge in [-0.25, -0.2) is 4.79 Å². The van der Waals surface area contributed by atoms with Gasteiger partial charge in [-0.15, -0.1) is 0 Å². The predicted octanol–water partition coefficient (Wildman–Crippen LogP) is 2.78. The van der Waals surface area contributed by atoms with Crippen LogP contribution in [0.4, 0.5) is 4.79 Å². The second-order valence-corrected chi connectivity index (χ2v) is 3.84. The van der Waals surface area contributed by atoms with Gasteiger partial charge in [0.25, 0.3) is 0 Å². The van der Waals surface area contributed by atoms with Gasteiger partial charge in [-0.3, -0.25) is 0 Å². The Hall–Kier alpha value is -1.03. The summed E-state index contributed by atoms with van der Waals surface area (Å²) in [5.41, 5.74) is 2.19. The number of carboxylic acid groups (broad SMARTS) is 1. The molecule has 0 saturated carbocycles. The highest BCUT2D eigenvalue weighted by molar-refractivity contribution is 9.10. The molecule has 0 radical (unpaired) electrons. The molecule has 14 heavy (non-hydrogen) atoms. The largest absolute Gasteiger partial charge is 0.465 e. The molecule has 0 atom stereocenters. The number of halogens is 1. The first kappa shape index (κ1) is 11.0. The van der Waals surface area contributed by atoms with Gasteiger partial charge in [0.2, 0.25) is 0 Å². The summed E-state index contributed by atoms with van der Waals surface area (Å²) in [7, 11) is 0. The van der Waals surface area contributed by atoms with Gasteiger partial charge in [0.05, 0.1) is 0 Å². The fourth-order valence-electron chi connectivity index (χ4n) is 1.27. The van der Waals surface area contributed by atoms with Crippen LogP contribution >= 0.6 is 15.9 Å². The fraction of sp³-hybridized carbons (Fsp3) is 0.300. The van der Waals surface area contributed by atoms with Crippen LogP contribution in [0.25, 0.3) is 0 Å². The molecular weight excluding hydrogens is 246 g/mol. The zero-order valence-corrected chi connectivity index (χ0v) is 9.47. The maximum atomic E-state index is 10.3. The summed E-state index contributed by atoms with van der Waals surface area (Å²) in [5, 5.41) is 10.8. The highest BCUT2D eigenvalue weighted by atomic mass is 79.9. The van der Waals surface area contributed by atoms with Crippen LogP contribution in [-0.2, 0) is 13.0 Å². The Labute approximate surface area is 91.3 Å². The second-order valence-electron chi connectivity index (χ2n) is 2.93. The molecule has 0 heterocycles. The summed E-state index contributed by atoms with van der Waals surface area (Å²) in [6.45, 7) is 2.41. The topological polar surface area (TPSA) is 49.3 Å². The second kappa shape index (κ2) is 5.00. The Kier molecular flexibility index (Phi) is 3.95. The van der Waals surface area contributed by atoms with Crippen LogP contribution < -0.4 is 5.32 Å². The monoisotopic (exact) mass is 257 g/mol. The molecule has 1 rings (SSSR count). The van der Waals surface area contributed by atoms with E-state index in [2.05, 4.69) is 21.2 Å². The minimum absolute atomic E-state index is 0.367. The molecule has 0 aliphatic rings. The Balaban J connectivity index is 2.80. The van der Waals surface area contributed by atoms with Gasteiger partial charge in [0.15, 0.2) is 0 Å². The Morgan fingerprint density at radius 1 is 1.50 bits per heavy atom. The van der Waals surface area contributed by atoms with E-state index in [4.69, 9.17) is 5.11 Å².